The van der Waals surface area contributed by atoms with Crippen molar-refractivity contribution in [3.8, 4) is 0 Å². The Morgan fingerprint density at radius 3 is 2.79 bits per heavy atom. The lowest BCUT2D eigenvalue weighted by Crippen LogP contribution is -2.02. The van der Waals surface area contributed by atoms with Crippen molar-refractivity contribution in [1.82, 2.24) is 0 Å². The van der Waals surface area contributed by atoms with E-state index in [0.29, 0.717) is 23.9 Å². The summed E-state index contributed by atoms with van der Waals surface area (Å²) in [5, 5.41) is 8.43. The van der Waals surface area contributed by atoms with E-state index in [9.17, 15) is 4.39 Å². The quantitative estimate of drug-likeness (QED) is 0.582. The molecule has 0 fully saturated rings. The van der Waals surface area contributed by atoms with Crippen LogP contribution in [-0.4, -0.2) is 30.7 Å². The van der Waals surface area contributed by atoms with Gasteiger partial charge in [-0.3, -0.25) is 0 Å². The molecular weight excluding hydrogens is 203 g/mol. The van der Waals surface area contributed by atoms with E-state index in [2.05, 4.69) is 0 Å². The molecule has 1 aromatic carbocycles. The Labute approximate surface area is 87.1 Å². The third-order valence-electron chi connectivity index (χ3n) is 1.56. The van der Waals surface area contributed by atoms with E-state index in [1.165, 1.54) is 17.8 Å². The molecule has 0 saturated carbocycles. The lowest BCUT2D eigenvalue weighted by Gasteiger charge is -2.03. The molecule has 0 amide bonds. The van der Waals surface area contributed by atoms with Crippen LogP contribution in [0, 0.1) is 5.82 Å². The Hall–Kier alpha value is -0.580. The zero-order valence-corrected chi connectivity index (χ0v) is 8.60. The second-order valence-corrected chi connectivity index (χ2v) is 3.75. The molecule has 0 aliphatic carbocycles. The number of hydrogen-bond acceptors (Lipinski definition) is 3. The SMILES string of the molecule is OCCOCCSc1ccccc1F. The first-order chi connectivity index (χ1) is 6.84. The van der Waals surface area contributed by atoms with Crippen LogP contribution in [0.1, 0.15) is 0 Å². The fraction of sp³-hybridized carbons (Fsp3) is 0.400. The highest BCUT2D eigenvalue weighted by Gasteiger charge is 1.99. The van der Waals surface area contributed by atoms with E-state index in [4.69, 9.17) is 9.84 Å². The second-order valence-electron chi connectivity index (χ2n) is 2.61. The highest BCUT2D eigenvalue weighted by Crippen LogP contribution is 2.20. The molecule has 0 atom stereocenters. The zero-order valence-electron chi connectivity index (χ0n) is 7.78. The summed E-state index contributed by atoms with van der Waals surface area (Å²) in [6, 6.07) is 6.66. The summed E-state index contributed by atoms with van der Waals surface area (Å²) in [6.07, 6.45) is 0. The molecule has 78 valence electrons. The molecule has 0 saturated heterocycles. The monoisotopic (exact) mass is 216 g/mol. The fourth-order valence-electron chi connectivity index (χ4n) is 0.939. The number of thioether (sulfide) groups is 1. The number of aliphatic hydroxyl groups excluding tert-OH is 1. The summed E-state index contributed by atoms with van der Waals surface area (Å²) >= 11 is 1.42. The largest absolute Gasteiger partial charge is 0.394 e. The Morgan fingerprint density at radius 1 is 1.29 bits per heavy atom. The van der Waals surface area contributed by atoms with Crippen LogP contribution >= 0.6 is 11.8 Å². The van der Waals surface area contributed by atoms with Crippen LogP contribution < -0.4 is 0 Å². The number of ether oxygens (including phenoxy) is 1. The van der Waals surface area contributed by atoms with Crippen molar-refractivity contribution in [1.29, 1.82) is 0 Å². The summed E-state index contributed by atoms with van der Waals surface area (Å²) < 4.78 is 18.1. The maximum Gasteiger partial charge on any atom is 0.136 e. The van der Waals surface area contributed by atoms with Gasteiger partial charge in [0.15, 0.2) is 0 Å². The average molecular weight is 216 g/mol. The minimum absolute atomic E-state index is 0.0321. The molecule has 0 aromatic heterocycles. The van der Waals surface area contributed by atoms with E-state index in [1.54, 1.807) is 18.2 Å². The van der Waals surface area contributed by atoms with Crippen LogP contribution in [0.15, 0.2) is 29.2 Å². The minimum Gasteiger partial charge on any atom is -0.394 e. The number of aliphatic hydroxyl groups is 1. The van der Waals surface area contributed by atoms with Gasteiger partial charge in [-0.25, -0.2) is 4.39 Å². The summed E-state index contributed by atoms with van der Waals surface area (Å²) in [5.74, 6) is 0.501. The van der Waals surface area contributed by atoms with Crippen molar-refractivity contribution in [3.63, 3.8) is 0 Å². The van der Waals surface area contributed by atoms with Crippen LogP contribution in [0.5, 0.6) is 0 Å². The minimum atomic E-state index is -0.195. The van der Waals surface area contributed by atoms with Gasteiger partial charge in [0.05, 0.1) is 19.8 Å². The standard InChI is InChI=1S/C10H13FO2S/c11-9-3-1-2-4-10(9)14-8-7-13-6-5-12/h1-4,12H,5-8H2. The summed E-state index contributed by atoms with van der Waals surface area (Å²) in [6.45, 7) is 0.905. The van der Waals surface area contributed by atoms with Crippen molar-refractivity contribution >= 4 is 11.8 Å². The zero-order chi connectivity index (χ0) is 10.2. The first kappa shape index (κ1) is 11.5. The normalized spacial score (nSPS) is 10.4. The molecular formula is C10H13FO2S. The Bertz CT molecular complexity index is 268. The van der Waals surface area contributed by atoms with Gasteiger partial charge in [-0.2, -0.15) is 0 Å². The Balaban J connectivity index is 2.21. The van der Waals surface area contributed by atoms with Gasteiger partial charge < -0.3 is 9.84 Å². The van der Waals surface area contributed by atoms with Crippen molar-refractivity contribution in [2.24, 2.45) is 0 Å². The molecule has 0 radical (unpaired) electrons. The predicted octanol–water partition coefficient (Wildman–Crippen LogP) is 1.93. The molecule has 0 heterocycles. The van der Waals surface area contributed by atoms with Crippen LogP contribution in [-0.2, 0) is 4.74 Å². The molecule has 0 aliphatic rings. The van der Waals surface area contributed by atoms with Crippen molar-refractivity contribution < 1.29 is 14.2 Å². The molecule has 0 spiro atoms. The third kappa shape index (κ3) is 4.09. The molecule has 0 bridgehead atoms. The van der Waals surface area contributed by atoms with E-state index >= 15 is 0 Å². The third-order valence-corrected chi connectivity index (χ3v) is 2.57. The smallest absolute Gasteiger partial charge is 0.136 e. The Morgan fingerprint density at radius 2 is 2.07 bits per heavy atom. The van der Waals surface area contributed by atoms with Crippen LogP contribution in [0.2, 0.25) is 0 Å². The van der Waals surface area contributed by atoms with Crippen LogP contribution in [0.3, 0.4) is 0 Å². The Kier molecular flexibility index (Phi) is 5.59. The molecule has 14 heavy (non-hydrogen) atoms. The van der Waals surface area contributed by atoms with Gasteiger partial charge >= 0.3 is 0 Å². The average Bonchev–Trinajstić information content (AvgIpc) is 2.20. The molecule has 0 aliphatic heterocycles. The highest BCUT2D eigenvalue weighted by molar-refractivity contribution is 7.99. The van der Waals surface area contributed by atoms with Crippen molar-refractivity contribution in [2.45, 2.75) is 4.90 Å². The maximum atomic E-state index is 13.1. The van der Waals surface area contributed by atoms with E-state index in [-0.39, 0.29) is 12.4 Å². The van der Waals surface area contributed by atoms with Gasteiger partial charge in [0.2, 0.25) is 0 Å². The molecule has 0 unspecified atom stereocenters. The highest BCUT2D eigenvalue weighted by atomic mass is 32.2. The van der Waals surface area contributed by atoms with Crippen LogP contribution in [0.4, 0.5) is 4.39 Å². The first-order valence-corrected chi connectivity index (χ1v) is 5.39. The van der Waals surface area contributed by atoms with Crippen molar-refractivity contribution in [3.05, 3.63) is 30.1 Å². The molecule has 1 rings (SSSR count). The lowest BCUT2D eigenvalue weighted by molar-refractivity contribution is 0.103. The fourth-order valence-corrected chi connectivity index (χ4v) is 1.74. The summed E-state index contributed by atoms with van der Waals surface area (Å²) in [7, 11) is 0. The number of rotatable bonds is 6. The van der Waals surface area contributed by atoms with Gasteiger partial charge in [0.1, 0.15) is 5.82 Å². The van der Waals surface area contributed by atoms with Crippen LogP contribution in [0.25, 0.3) is 0 Å². The van der Waals surface area contributed by atoms with Gasteiger partial charge in [0.25, 0.3) is 0 Å². The number of hydrogen-bond donors (Lipinski definition) is 1. The molecule has 1 N–H and O–H groups in total. The lowest BCUT2D eigenvalue weighted by atomic mass is 10.3. The number of halogens is 1. The number of benzene rings is 1. The van der Waals surface area contributed by atoms with Gasteiger partial charge in [0, 0.05) is 10.6 Å². The first-order valence-electron chi connectivity index (χ1n) is 4.40. The van der Waals surface area contributed by atoms with E-state index in [0.717, 1.165) is 0 Å². The topological polar surface area (TPSA) is 29.5 Å². The van der Waals surface area contributed by atoms with E-state index < -0.39 is 0 Å². The van der Waals surface area contributed by atoms with E-state index in [1.807, 2.05) is 0 Å². The van der Waals surface area contributed by atoms with Gasteiger partial charge in [-0.05, 0) is 12.1 Å². The van der Waals surface area contributed by atoms with Gasteiger partial charge in [-0.15, -0.1) is 11.8 Å². The van der Waals surface area contributed by atoms with Gasteiger partial charge in [-0.1, -0.05) is 12.1 Å². The molecule has 2 nitrogen and oxygen atoms in total. The molecule has 1 aromatic rings. The molecule has 4 heteroatoms. The predicted molar refractivity (Wildman–Crippen MR) is 55.0 cm³/mol. The maximum absolute atomic E-state index is 13.1. The summed E-state index contributed by atoms with van der Waals surface area (Å²) in [5.41, 5.74) is 0. The summed E-state index contributed by atoms with van der Waals surface area (Å²) in [4.78, 5) is 0.639. The van der Waals surface area contributed by atoms with Crippen molar-refractivity contribution in [2.75, 3.05) is 25.6 Å². The second kappa shape index (κ2) is 6.81.